The third-order valence-corrected chi connectivity index (χ3v) is 6.17. The van der Waals surface area contributed by atoms with Crippen LogP contribution in [0.5, 0.6) is 0 Å². The highest BCUT2D eigenvalue weighted by Crippen LogP contribution is 2.48. The first kappa shape index (κ1) is 11.9. The van der Waals surface area contributed by atoms with E-state index in [0.29, 0.717) is 17.9 Å². The smallest absolute Gasteiger partial charge is 0.185 e. The molecule has 16 heavy (non-hydrogen) atoms. The van der Waals surface area contributed by atoms with Gasteiger partial charge in [-0.05, 0) is 38.0 Å². The standard InChI is InChI=1S/C11H14ClNO2S/c1-8(13)11(5-6-11)16(14,15)10-4-2-3-9(12)7-10/h2-4,7-8H,5-6,13H2,1H3. The topological polar surface area (TPSA) is 60.2 Å². The highest BCUT2D eigenvalue weighted by atomic mass is 35.5. The van der Waals surface area contributed by atoms with Gasteiger partial charge in [-0.1, -0.05) is 17.7 Å². The fourth-order valence-corrected chi connectivity index (χ4v) is 4.35. The zero-order chi connectivity index (χ0) is 12.0. The van der Waals surface area contributed by atoms with E-state index < -0.39 is 14.6 Å². The van der Waals surface area contributed by atoms with Crippen LogP contribution in [0.25, 0.3) is 0 Å². The van der Waals surface area contributed by atoms with E-state index in [-0.39, 0.29) is 10.9 Å². The van der Waals surface area contributed by atoms with E-state index in [4.69, 9.17) is 17.3 Å². The Bertz CT molecular complexity index is 506. The van der Waals surface area contributed by atoms with Gasteiger partial charge in [0.15, 0.2) is 9.84 Å². The van der Waals surface area contributed by atoms with Crippen LogP contribution in [-0.2, 0) is 9.84 Å². The molecule has 0 radical (unpaired) electrons. The van der Waals surface area contributed by atoms with E-state index >= 15 is 0 Å². The van der Waals surface area contributed by atoms with Crippen LogP contribution in [0.3, 0.4) is 0 Å². The molecule has 1 aliphatic carbocycles. The Morgan fingerprint density at radius 2 is 2.06 bits per heavy atom. The molecule has 1 unspecified atom stereocenters. The lowest BCUT2D eigenvalue weighted by Gasteiger charge is -2.20. The van der Waals surface area contributed by atoms with Crippen LogP contribution in [0.15, 0.2) is 29.2 Å². The van der Waals surface area contributed by atoms with E-state index in [0.717, 1.165) is 0 Å². The largest absolute Gasteiger partial charge is 0.327 e. The number of nitrogens with two attached hydrogens (primary N) is 1. The summed E-state index contributed by atoms with van der Waals surface area (Å²) < 4.78 is 24.0. The Balaban J connectivity index is 2.48. The van der Waals surface area contributed by atoms with Crippen LogP contribution in [-0.4, -0.2) is 19.2 Å². The van der Waals surface area contributed by atoms with E-state index in [1.807, 2.05) is 0 Å². The molecule has 0 aliphatic heterocycles. The van der Waals surface area contributed by atoms with Crippen LogP contribution in [0.1, 0.15) is 19.8 Å². The Morgan fingerprint density at radius 3 is 2.50 bits per heavy atom. The first-order valence-corrected chi connectivity index (χ1v) is 7.02. The molecule has 0 spiro atoms. The molecule has 1 aromatic carbocycles. The predicted molar refractivity (Wildman–Crippen MR) is 64.3 cm³/mol. The number of benzene rings is 1. The van der Waals surface area contributed by atoms with Crippen molar-refractivity contribution >= 4 is 21.4 Å². The van der Waals surface area contributed by atoms with Gasteiger partial charge in [0.2, 0.25) is 0 Å². The van der Waals surface area contributed by atoms with Crippen molar-refractivity contribution < 1.29 is 8.42 Å². The highest BCUT2D eigenvalue weighted by Gasteiger charge is 2.57. The van der Waals surface area contributed by atoms with E-state index in [1.54, 1.807) is 25.1 Å². The van der Waals surface area contributed by atoms with Crippen molar-refractivity contribution in [2.75, 3.05) is 0 Å². The molecule has 0 heterocycles. The van der Waals surface area contributed by atoms with Crippen molar-refractivity contribution in [1.29, 1.82) is 0 Å². The number of hydrogen-bond acceptors (Lipinski definition) is 3. The molecule has 0 bridgehead atoms. The molecule has 1 saturated carbocycles. The average molecular weight is 260 g/mol. The summed E-state index contributed by atoms with van der Waals surface area (Å²) in [6.45, 7) is 1.75. The van der Waals surface area contributed by atoms with Crippen LogP contribution in [0.4, 0.5) is 0 Å². The maximum Gasteiger partial charge on any atom is 0.185 e. The van der Waals surface area contributed by atoms with Gasteiger partial charge in [0.25, 0.3) is 0 Å². The predicted octanol–water partition coefficient (Wildman–Crippen LogP) is 1.99. The molecular weight excluding hydrogens is 246 g/mol. The van der Waals surface area contributed by atoms with E-state index in [9.17, 15) is 8.42 Å². The number of hydrogen-bond donors (Lipinski definition) is 1. The second-order valence-electron chi connectivity index (χ2n) is 4.31. The van der Waals surface area contributed by atoms with Gasteiger partial charge in [-0.3, -0.25) is 0 Å². The minimum absolute atomic E-state index is 0.273. The Kier molecular flexibility index (Phi) is 2.77. The molecule has 0 amide bonds. The van der Waals surface area contributed by atoms with Gasteiger partial charge in [0.1, 0.15) is 0 Å². The van der Waals surface area contributed by atoms with Crippen molar-refractivity contribution in [3.05, 3.63) is 29.3 Å². The molecule has 3 nitrogen and oxygen atoms in total. The summed E-state index contributed by atoms with van der Waals surface area (Å²) >= 11 is 5.81. The second-order valence-corrected chi connectivity index (χ2v) is 7.04. The second kappa shape index (κ2) is 3.72. The third kappa shape index (κ3) is 1.65. The molecule has 1 aliphatic rings. The molecule has 2 rings (SSSR count). The number of halogens is 1. The number of rotatable bonds is 3. The summed E-state index contributed by atoms with van der Waals surface area (Å²) in [4.78, 5) is 0.273. The molecule has 88 valence electrons. The Labute approximate surface area is 101 Å². The minimum Gasteiger partial charge on any atom is -0.327 e. The highest BCUT2D eigenvalue weighted by molar-refractivity contribution is 7.93. The fourth-order valence-electron chi connectivity index (χ4n) is 1.96. The van der Waals surface area contributed by atoms with E-state index in [1.165, 1.54) is 6.07 Å². The van der Waals surface area contributed by atoms with Crippen molar-refractivity contribution in [3.8, 4) is 0 Å². The summed E-state index contributed by atoms with van der Waals surface area (Å²) in [6.07, 6.45) is 1.28. The summed E-state index contributed by atoms with van der Waals surface area (Å²) in [6, 6.07) is 6.01. The normalized spacial score (nSPS) is 20.4. The van der Waals surface area contributed by atoms with E-state index in [2.05, 4.69) is 0 Å². The lowest BCUT2D eigenvalue weighted by atomic mass is 10.2. The van der Waals surface area contributed by atoms with Crippen molar-refractivity contribution in [1.82, 2.24) is 0 Å². The van der Waals surface area contributed by atoms with Crippen molar-refractivity contribution in [2.45, 2.75) is 35.4 Å². The van der Waals surface area contributed by atoms with Gasteiger partial charge in [-0.15, -0.1) is 0 Å². The van der Waals surface area contributed by atoms with Crippen LogP contribution >= 0.6 is 11.6 Å². The van der Waals surface area contributed by atoms with Gasteiger partial charge in [-0.25, -0.2) is 8.42 Å². The first-order chi connectivity index (χ1) is 7.40. The monoisotopic (exact) mass is 259 g/mol. The zero-order valence-corrected chi connectivity index (χ0v) is 10.6. The molecule has 2 N–H and O–H groups in total. The lowest BCUT2D eigenvalue weighted by Crippen LogP contribution is -2.40. The van der Waals surface area contributed by atoms with Crippen molar-refractivity contribution in [2.24, 2.45) is 5.73 Å². The van der Waals surface area contributed by atoms with Gasteiger partial charge in [-0.2, -0.15) is 0 Å². The lowest BCUT2D eigenvalue weighted by molar-refractivity contribution is 0.554. The van der Waals surface area contributed by atoms with Gasteiger partial charge in [0, 0.05) is 11.1 Å². The fraction of sp³-hybridized carbons (Fsp3) is 0.455. The number of sulfone groups is 1. The summed E-state index contributed by atoms with van der Waals surface area (Å²) in [5, 5.41) is 0.432. The average Bonchev–Trinajstić information content (AvgIpc) is 2.98. The van der Waals surface area contributed by atoms with Gasteiger partial charge < -0.3 is 5.73 Å². The maximum absolute atomic E-state index is 12.4. The molecule has 1 aromatic rings. The molecule has 0 saturated heterocycles. The van der Waals surface area contributed by atoms with Crippen molar-refractivity contribution in [3.63, 3.8) is 0 Å². The summed E-state index contributed by atoms with van der Waals surface area (Å²) in [5.41, 5.74) is 5.78. The van der Waals surface area contributed by atoms with Crippen LogP contribution in [0, 0.1) is 0 Å². The molecule has 1 atom stereocenters. The molecule has 0 aromatic heterocycles. The molecule has 1 fully saturated rings. The summed E-state index contributed by atoms with van der Waals surface area (Å²) in [5.74, 6) is 0. The SMILES string of the molecule is CC(N)C1(S(=O)(=O)c2cccc(Cl)c2)CC1. The molecular formula is C11H14ClNO2S. The van der Waals surface area contributed by atoms with Gasteiger partial charge in [0.05, 0.1) is 9.64 Å². The minimum atomic E-state index is -3.36. The molecule has 5 heteroatoms. The maximum atomic E-state index is 12.4. The zero-order valence-electron chi connectivity index (χ0n) is 8.98. The Morgan fingerprint density at radius 1 is 1.44 bits per heavy atom. The summed E-state index contributed by atoms with van der Waals surface area (Å²) in [7, 11) is -3.36. The van der Waals surface area contributed by atoms with Gasteiger partial charge >= 0.3 is 0 Å². The first-order valence-electron chi connectivity index (χ1n) is 5.16. The quantitative estimate of drug-likeness (QED) is 0.903. The van der Waals surface area contributed by atoms with Crippen LogP contribution < -0.4 is 5.73 Å². The Hall–Kier alpha value is -0.580. The third-order valence-electron chi connectivity index (χ3n) is 3.21. The van der Waals surface area contributed by atoms with Crippen LogP contribution in [0.2, 0.25) is 5.02 Å².